The van der Waals surface area contributed by atoms with Gasteiger partial charge >= 0.3 is 0 Å². The summed E-state index contributed by atoms with van der Waals surface area (Å²) in [5.74, 6) is 0. The highest BCUT2D eigenvalue weighted by Gasteiger charge is 1.98. The van der Waals surface area contributed by atoms with Crippen LogP contribution in [0.1, 0.15) is 5.56 Å². The highest BCUT2D eigenvalue weighted by molar-refractivity contribution is 5.98. The highest BCUT2D eigenvalue weighted by atomic mass is 14.2. The lowest BCUT2D eigenvalue weighted by molar-refractivity contribution is 1.50. The second kappa shape index (κ2) is 3.36. The van der Waals surface area contributed by atoms with Crippen LogP contribution in [0.25, 0.3) is 21.5 Å². The van der Waals surface area contributed by atoms with Gasteiger partial charge < -0.3 is 0 Å². The van der Waals surface area contributed by atoms with Crippen LogP contribution in [0, 0.1) is 17.4 Å². The molecular weight excluding hydrogens is 194 g/mol. The molecule has 1 heteroatoms. The first-order valence-corrected chi connectivity index (χ1v) is 5.11. The summed E-state index contributed by atoms with van der Waals surface area (Å²) >= 11 is 0. The molecule has 0 N–H and O–H groups in total. The van der Waals surface area contributed by atoms with Gasteiger partial charge in [-0.2, -0.15) is 5.26 Å². The van der Waals surface area contributed by atoms with Gasteiger partial charge in [-0.1, -0.05) is 24.3 Å². The van der Waals surface area contributed by atoms with Gasteiger partial charge in [0.25, 0.3) is 0 Å². The van der Waals surface area contributed by atoms with Gasteiger partial charge in [0, 0.05) is 0 Å². The standard InChI is InChI=1S/C15H8N/c16-10-11-5-6-14-8-12-3-1-2-4-13(12)9-15(14)7-11/h1-2,4-9H. The summed E-state index contributed by atoms with van der Waals surface area (Å²) < 4.78 is 0. The lowest BCUT2D eigenvalue weighted by atomic mass is 10.0. The van der Waals surface area contributed by atoms with Crippen molar-refractivity contribution in [2.45, 2.75) is 0 Å². The van der Waals surface area contributed by atoms with E-state index >= 15 is 0 Å². The van der Waals surface area contributed by atoms with Crippen LogP contribution in [-0.4, -0.2) is 0 Å². The third kappa shape index (κ3) is 1.32. The van der Waals surface area contributed by atoms with Gasteiger partial charge in [-0.25, -0.2) is 0 Å². The van der Waals surface area contributed by atoms with E-state index in [4.69, 9.17) is 5.26 Å². The predicted molar refractivity (Wildman–Crippen MR) is 65.0 cm³/mol. The summed E-state index contributed by atoms with van der Waals surface area (Å²) in [6, 6.07) is 21.3. The summed E-state index contributed by atoms with van der Waals surface area (Å²) in [4.78, 5) is 0. The first-order valence-electron chi connectivity index (χ1n) is 5.11. The molecule has 1 nitrogen and oxygen atoms in total. The molecular formula is C15H8N. The van der Waals surface area contributed by atoms with E-state index in [9.17, 15) is 0 Å². The number of nitriles is 1. The number of nitrogens with zero attached hydrogens (tertiary/aromatic N) is 1. The third-order valence-corrected chi connectivity index (χ3v) is 2.75. The molecule has 73 valence electrons. The maximum absolute atomic E-state index is 8.85. The fourth-order valence-electron chi connectivity index (χ4n) is 1.94. The minimum absolute atomic E-state index is 0.701. The SMILES string of the molecule is N#Cc1ccc2cc3[c]cccc3cc2c1. The van der Waals surface area contributed by atoms with Crippen LogP contribution in [-0.2, 0) is 0 Å². The van der Waals surface area contributed by atoms with E-state index in [0.717, 1.165) is 21.5 Å². The van der Waals surface area contributed by atoms with E-state index in [-0.39, 0.29) is 0 Å². The minimum atomic E-state index is 0.701. The number of rotatable bonds is 0. The average molecular weight is 202 g/mol. The molecule has 0 spiro atoms. The van der Waals surface area contributed by atoms with Crippen LogP contribution in [0.5, 0.6) is 0 Å². The maximum Gasteiger partial charge on any atom is 0.0991 e. The Balaban J connectivity index is 2.43. The van der Waals surface area contributed by atoms with Crippen LogP contribution in [0.3, 0.4) is 0 Å². The predicted octanol–water partition coefficient (Wildman–Crippen LogP) is 3.66. The van der Waals surface area contributed by atoms with Gasteiger partial charge in [-0.3, -0.25) is 0 Å². The normalized spacial score (nSPS) is 10.4. The van der Waals surface area contributed by atoms with Crippen LogP contribution >= 0.6 is 0 Å². The second-order valence-corrected chi connectivity index (χ2v) is 3.78. The zero-order valence-corrected chi connectivity index (χ0v) is 8.57. The number of benzene rings is 3. The van der Waals surface area contributed by atoms with E-state index in [2.05, 4.69) is 30.3 Å². The molecule has 3 rings (SSSR count). The Hall–Kier alpha value is -2.33. The number of fused-ring (bicyclic) bond motifs is 2. The Morgan fingerprint density at radius 2 is 1.88 bits per heavy atom. The zero-order valence-electron chi connectivity index (χ0n) is 8.57. The summed E-state index contributed by atoms with van der Waals surface area (Å²) in [7, 11) is 0. The third-order valence-electron chi connectivity index (χ3n) is 2.75. The first-order chi connectivity index (χ1) is 7.86. The Bertz CT molecular complexity index is 720. The quantitative estimate of drug-likeness (QED) is 0.510. The van der Waals surface area contributed by atoms with Crippen molar-refractivity contribution in [1.29, 1.82) is 5.26 Å². The van der Waals surface area contributed by atoms with Gasteiger partial charge in [-0.15, -0.1) is 0 Å². The summed E-state index contributed by atoms with van der Waals surface area (Å²) in [6.45, 7) is 0. The Kier molecular flexibility index (Phi) is 1.88. The molecule has 0 saturated carbocycles. The zero-order chi connectivity index (χ0) is 11.0. The van der Waals surface area contributed by atoms with E-state index in [0.29, 0.717) is 5.56 Å². The fourth-order valence-corrected chi connectivity index (χ4v) is 1.94. The molecule has 0 aromatic heterocycles. The molecule has 1 radical (unpaired) electrons. The first kappa shape index (κ1) is 8.94. The van der Waals surface area contributed by atoms with Gasteiger partial charge in [-0.05, 0) is 51.9 Å². The number of hydrogen-bond acceptors (Lipinski definition) is 1. The van der Waals surface area contributed by atoms with Crippen LogP contribution in [0.4, 0.5) is 0 Å². The molecule has 3 aromatic rings. The van der Waals surface area contributed by atoms with Crippen molar-refractivity contribution in [3.63, 3.8) is 0 Å². The largest absolute Gasteiger partial charge is 0.192 e. The fraction of sp³-hybridized carbons (Fsp3) is 0. The van der Waals surface area contributed by atoms with Gasteiger partial charge in [0.15, 0.2) is 0 Å². The minimum Gasteiger partial charge on any atom is -0.192 e. The van der Waals surface area contributed by atoms with Crippen molar-refractivity contribution >= 4 is 21.5 Å². The lowest BCUT2D eigenvalue weighted by Crippen LogP contribution is -1.78. The van der Waals surface area contributed by atoms with Gasteiger partial charge in [0.2, 0.25) is 0 Å². The summed E-state index contributed by atoms with van der Waals surface area (Å²) in [5.41, 5.74) is 0.701. The maximum atomic E-state index is 8.85. The van der Waals surface area contributed by atoms with Crippen molar-refractivity contribution in [3.05, 3.63) is 60.2 Å². The van der Waals surface area contributed by atoms with Crippen molar-refractivity contribution in [2.24, 2.45) is 0 Å². The molecule has 0 bridgehead atoms. The molecule has 0 saturated heterocycles. The van der Waals surface area contributed by atoms with Crippen LogP contribution in [0.2, 0.25) is 0 Å². The van der Waals surface area contributed by atoms with Crippen molar-refractivity contribution < 1.29 is 0 Å². The monoisotopic (exact) mass is 202 g/mol. The van der Waals surface area contributed by atoms with Crippen molar-refractivity contribution in [1.82, 2.24) is 0 Å². The van der Waals surface area contributed by atoms with Crippen LogP contribution < -0.4 is 0 Å². The summed E-state index contributed by atoms with van der Waals surface area (Å²) in [5, 5.41) is 13.4. The summed E-state index contributed by atoms with van der Waals surface area (Å²) in [6.07, 6.45) is 0. The van der Waals surface area contributed by atoms with E-state index in [1.54, 1.807) is 0 Å². The molecule has 0 aliphatic rings. The molecule has 0 atom stereocenters. The van der Waals surface area contributed by atoms with Crippen molar-refractivity contribution in [2.75, 3.05) is 0 Å². The smallest absolute Gasteiger partial charge is 0.0991 e. The Morgan fingerprint density at radius 3 is 2.75 bits per heavy atom. The lowest BCUT2D eigenvalue weighted by Gasteiger charge is -2.01. The molecule has 3 aromatic carbocycles. The highest BCUT2D eigenvalue weighted by Crippen LogP contribution is 2.23. The van der Waals surface area contributed by atoms with Crippen molar-refractivity contribution in [3.8, 4) is 6.07 Å². The number of hydrogen-bond donors (Lipinski definition) is 0. The van der Waals surface area contributed by atoms with E-state index < -0.39 is 0 Å². The molecule has 0 aliphatic heterocycles. The van der Waals surface area contributed by atoms with E-state index in [1.165, 1.54) is 0 Å². The van der Waals surface area contributed by atoms with E-state index in [1.807, 2.05) is 30.3 Å². The van der Waals surface area contributed by atoms with Crippen LogP contribution in [0.15, 0.2) is 48.5 Å². The van der Waals surface area contributed by atoms with Gasteiger partial charge in [0.1, 0.15) is 0 Å². The van der Waals surface area contributed by atoms with Gasteiger partial charge in [0.05, 0.1) is 11.6 Å². The molecule has 16 heavy (non-hydrogen) atoms. The Labute approximate surface area is 93.6 Å². The molecule has 0 unspecified atom stereocenters. The molecule has 0 heterocycles. The Morgan fingerprint density at radius 1 is 0.938 bits per heavy atom. The second-order valence-electron chi connectivity index (χ2n) is 3.78. The average Bonchev–Trinajstić information content (AvgIpc) is 2.35. The topological polar surface area (TPSA) is 23.8 Å². The molecule has 0 aliphatic carbocycles. The molecule has 0 amide bonds. The molecule has 0 fully saturated rings.